The molecule has 2 rings (SSSR count). The van der Waals surface area contributed by atoms with Gasteiger partial charge in [-0.15, -0.1) is 11.8 Å². The molecule has 14 heteroatoms. The van der Waals surface area contributed by atoms with E-state index >= 15 is 0 Å². The Hall–Kier alpha value is -3.29. The van der Waals surface area contributed by atoms with Gasteiger partial charge in [0.25, 0.3) is 0 Å². The molecular weight excluding hydrogens is 497 g/mol. The normalized spacial score (nSPS) is 12.2. The summed E-state index contributed by atoms with van der Waals surface area (Å²) < 4.78 is 93.4. The third-order valence-corrected chi connectivity index (χ3v) is 5.25. The molecule has 0 heterocycles. The molecule has 0 aliphatic heterocycles. The lowest BCUT2D eigenvalue weighted by atomic mass is 10.1. The molecule has 0 aliphatic carbocycles. The van der Waals surface area contributed by atoms with Crippen molar-refractivity contribution in [2.45, 2.75) is 36.1 Å². The zero-order valence-corrected chi connectivity index (χ0v) is 17.8. The van der Waals surface area contributed by atoms with Crippen LogP contribution in [0.5, 0.6) is 0 Å². The van der Waals surface area contributed by atoms with E-state index in [1.807, 2.05) is 0 Å². The number of anilines is 2. The van der Waals surface area contributed by atoms with Crippen molar-refractivity contribution in [3.05, 3.63) is 53.1 Å². The van der Waals surface area contributed by atoms with Crippen LogP contribution in [-0.4, -0.2) is 28.1 Å². The Kier molecular flexibility index (Phi) is 8.53. The molecule has 0 aromatic heterocycles. The van der Waals surface area contributed by atoms with Crippen LogP contribution in [0.15, 0.2) is 29.2 Å². The summed E-state index contributed by atoms with van der Waals surface area (Å²) in [4.78, 5) is 34.9. The topological polar surface area (TPSA) is 95.5 Å². The maximum atomic E-state index is 14.0. The molecule has 0 radical (unpaired) electrons. The Labute approximate surface area is 191 Å². The fourth-order valence-corrected chi connectivity index (χ4v) is 3.49. The summed E-state index contributed by atoms with van der Waals surface area (Å²) in [5.74, 6) is -13.2. The number of hydrogen-bond donors (Lipinski definition) is 3. The van der Waals surface area contributed by atoms with E-state index in [1.54, 1.807) is 5.32 Å². The average molecular weight is 512 g/mol. The minimum absolute atomic E-state index is 0.247. The highest BCUT2D eigenvalue weighted by molar-refractivity contribution is 8.00. The first kappa shape index (κ1) is 27.0. The monoisotopic (exact) mass is 512 g/mol. The summed E-state index contributed by atoms with van der Waals surface area (Å²) in [6.07, 6.45) is -6.39. The second-order valence-electron chi connectivity index (χ2n) is 6.72. The second kappa shape index (κ2) is 10.8. The summed E-state index contributed by atoms with van der Waals surface area (Å²) in [6, 6.07) is 5.82. The van der Waals surface area contributed by atoms with E-state index in [4.69, 9.17) is 5.11 Å². The van der Waals surface area contributed by atoms with E-state index in [0.717, 1.165) is 11.8 Å². The summed E-state index contributed by atoms with van der Waals surface area (Å²) >= 11 is 0.788. The first-order valence-electron chi connectivity index (χ1n) is 9.24. The van der Waals surface area contributed by atoms with E-state index in [9.17, 15) is 45.1 Å². The van der Waals surface area contributed by atoms with Gasteiger partial charge in [-0.05, 0) is 25.1 Å². The third-order valence-electron chi connectivity index (χ3n) is 4.16. The zero-order valence-electron chi connectivity index (χ0n) is 17.0. The molecule has 1 atom stereocenters. The maximum absolute atomic E-state index is 14.0. The number of benzene rings is 2. The van der Waals surface area contributed by atoms with E-state index in [-0.39, 0.29) is 12.1 Å². The molecule has 0 saturated carbocycles. The van der Waals surface area contributed by atoms with E-state index in [0.29, 0.717) is 4.90 Å². The molecule has 0 spiro atoms. The molecule has 0 fully saturated rings. The van der Waals surface area contributed by atoms with E-state index in [1.165, 1.54) is 31.2 Å². The molecule has 2 aromatic rings. The summed E-state index contributed by atoms with van der Waals surface area (Å²) in [6.45, 7) is 1.24. The quantitative estimate of drug-likeness (QED) is 0.257. The van der Waals surface area contributed by atoms with Crippen LogP contribution in [0.3, 0.4) is 0 Å². The molecule has 0 aliphatic rings. The Balaban J connectivity index is 2.15. The number of amides is 2. The van der Waals surface area contributed by atoms with Crippen LogP contribution in [0.4, 0.5) is 42.1 Å². The molecule has 2 aromatic carbocycles. The van der Waals surface area contributed by atoms with Crippen LogP contribution in [-0.2, 0) is 20.6 Å². The zero-order chi connectivity index (χ0) is 25.8. The van der Waals surface area contributed by atoms with Gasteiger partial charge in [-0.25, -0.2) is 17.6 Å². The van der Waals surface area contributed by atoms with Gasteiger partial charge in [-0.2, -0.15) is 13.2 Å². The van der Waals surface area contributed by atoms with E-state index < -0.39 is 70.2 Å². The van der Waals surface area contributed by atoms with Gasteiger partial charge >= 0.3 is 12.1 Å². The smallest absolute Gasteiger partial charge is 0.422 e. The Morgan fingerprint density at radius 2 is 1.56 bits per heavy atom. The molecule has 0 saturated heterocycles. The number of thioether (sulfide) groups is 1. The first-order valence-corrected chi connectivity index (χ1v) is 10.1. The number of carbonyl (C=O) groups excluding carboxylic acids is 2. The number of hydrogen-bond acceptors (Lipinski definition) is 4. The first-order chi connectivity index (χ1) is 15.7. The number of carboxylic acids is 1. The number of nitrogens with one attached hydrogen (secondary N) is 2. The fraction of sp³-hybridized carbons (Fsp3) is 0.250. The van der Waals surface area contributed by atoms with Crippen LogP contribution < -0.4 is 10.6 Å². The standard InChI is InChI=1S/C20H15F7N2O4S/c1-8(34-10-4-2-3-9(7-10)28-11(30)5-6-12(31)32)19(33)29-18-16(23)14(21)13(20(25,26)27)15(22)17(18)24/h2-4,7-8H,5-6H2,1H3,(H,28,30)(H,29,33)(H,31,32). The third kappa shape index (κ3) is 6.62. The molecule has 3 N–H and O–H groups in total. The van der Waals surface area contributed by atoms with Crippen molar-refractivity contribution in [1.82, 2.24) is 0 Å². The van der Waals surface area contributed by atoms with Gasteiger partial charge in [-0.1, -0.05) is 6.07 Å². The minimum Gasteiger partial charge on any atom is -0.481 e. The van der Waals surface area contributed by atoms with E-state index in [2.05, 4.69) is 5.32 Å². The maximum Gasteiger partial charge on any atom is 0.422 e. The number of carboxylic acid groups (broad SMARTS) is 1. The van der Waals surface area contributed by atoms with Crippen LogP contribution in [0, 0.1) is 23.3 Å². The highest BCUT2D eigenvalue weighted by Crippen LogP contribution is 2.38. The van der Waals surface area contributed by atoms with Crippen molar-refractivity contribution in [3.8, 4) is 0 Å². The van der Waals surface area contributed by atoms with Gasteiger partial charge in [0, 0.05) is 17.0 Å². The van der Waals surface area contributed by atoms with Crippen LogP contribution in [0.1, 0.15) is 25.3 Å². The summed E-state index contributed by atoms with van der Waals surface area (Å²) in [7, 11) is 0. The fourth-order valence-electron chi connectivity index (χ4n) is 2.56. The number of rotatable bonds is 8. The van der Waals surface area contributed by atoms with Gasteiger partial charge in [0.1, 0.15) is 11.3 Å². The van der Waals surface area contributed by atoms with Gasteiger partial charge in [0.15, 0.2) is 23.3 Å². The van der Waals surface area contributed by atoms with Crippen LogP contribution in [0.2, 0.25) is 0 Å². The summed E-state index contributed by atoms with van der Waals surface area (Å²) in [5.41, 5.74) is -4.22. The minimum atomic E-state index is -5.71. The van der Waals surface area contributed by atoms with Crippen molar-refractivity contribution in [2.24, 2.45) is 0 Å². The van der Waals surface area contributed by atoms with Crippen LogP contribution in [0.25, 0.3) is 0 Å². The highest BCUT2D eigenvalue weighted by Gasteiger charge is 2.42. The summed E-state index contributed by atoms with van der Waals surface area (Å²) in [5, 5.41) is 11.4. The van der Waals surface area contributed by atoms with Gasteiger partial charge in [0.05, 0.1) is 11.7 Å². The average Bonchev–Trinajstić information content (AvgIpc) is 2.73. The molecule has 184 valence electrons. The van der Waals surface area contributed by atoms with Crippen molar-refractivity contribution in [3.63, 3.8) is 0 Å². The van der Waals surface area contributed by atoms with Gasteiger partial charge in [0.2, 0.25) is 11.8 Å². The lowest BCUT2D eigenvalue weighted by Crippen LogP contribution is -2.25. The van der Waals surface area contributed by atoms with Crippen molar-refractivity contribution < 1.29 is 50.2 Å². The lowest BCUT2D eigenvalue weighted by Gasteiger charge is -2.16. The van der Waals surface area contributed by atoms with Crippen LogP contribution >= 0.6 is 11.8 Å². The van der Waals surface area contributed by atoms with Gasteiger partial charge < -0.3 is 15.7 Å². The molecule has 1 unspecified atom stereocenters. The number of halogens is 7. The van der Waals surface area contributed by atoms with Crippen molar-refractivity contribution >= 4 is 40.9 Å². The molecule has 34 heavy (non-hydrogen) atoms. The molecule has 0 bridgehead atoms. The molecular formula is C20H15F7N2O4S. The van der Waals surface area contributed by atoms with Crippen molar-refractivity contribution in [1.29, 1.82) is 0 Å². The number of alkyl halides is 3. The Bertz CT molecular complexity index is 1100. The second-order valence-corrected chi connectivity index (χ2v) is 8.14. The van der Waals surface area contributed by atoms with Gasteiger partial charge in [-0.3, -0.25) is 14.4 Å². The number of aliphatic carboxylic acids is 1. The Morgan fingerprint density at radius 1 is 0.971 bits per heavy atom. The van der Waals surface area contributed by atoms with Crippen molar-refractivity contribution in [2.75, 3.05) is 10.6 Å². The number of carbonyl (C=O) groups is 3. The largest absolute Gasteiger partial charge is 0.481 e. The highest BCUT2D eigenvalue weighted by atomic mass is 32.2. The lowest BCUT2D eigenvalue weighted by molar-refractivity contribution is -0.143. The predicted molar refractivity (Wildman–Crippen MR) is 107 cm³/mol. The SMILES string of the molecule is CC(Sc1cccc(NC(=O)CCC(=O)O)c1)C(=O)Nc1c(F)c(F)c(C(F)(F)F)c(F)c1F. The molecule has 2 amide bonds. The molecule has 6 nitrogen and oxygen atoms in total. The predicted octanol–water partition coefficient (Wildman–Crippen LogP) is 5.18. The Morgan fingerprint density at radius 3 is 2.09 bits per heavy atom.